The Morgan fingerprint density at radius 3 is 2.50 bits per heavy atom. The van der Waals surface area contributed by atoms with Crippen molar-refractivity contribution in [1.29, 1.82) is 0 Å². The van der Waals surface area contributed by atoms with Crippen molar-refractivity contribution < 1.29 is 9.90 Å². The van der Waals surface area contributed by atoms with E-state index in [1.54, 1.807) is 4.90 Å². The lowest BCUT2D eigenvalue weighted by Gasteiger charge is -2.21. The van der Waals surface area contributed by atoms with Crippen LogP contribution in [0.4, 0.5) is 0 Å². The predicted octanol–water partition coefficient (Wildman–Crippen LogP) is 2.18. The highest BCUT2D eigenvalue weighted by atomic mass is 32.1. The smallest absolute Gasteiger partial charge is 0.305 e. The summed E-state index contributed by atoms with van der Waals surface area (Å²) in [5, 5.41) is 8.62. The van der Waals surface area contributed by atoms with Crippen LogP contribution in [0.1, 0.15) is 12.0 Å². The Labute approximate surface area is 105 Å². The zero-order chi connectivity index (χ0) is 12.0. The van der Waals surface area contributed by atoms with Crippen molar-refractivity contribution in [1.82, 2.24) is 4.90 Å². The molecule has 0 aromatic heterocycles. The largest absolute Gasteiger partial charge is 0.481 e. The maximum Gasteiger partial charge on any atom is 0.305 e. The van der Waals surface area contributed by atoms with E-state index in [2.05, 4.69) is 12.6 Å². The van der Waals surface area contributed by atoms with Crippen LogP contribution in [-0.4, -0.2) is 26.8 Å². The molecule has 3 nitrogen and oxygen atoms in total. The lowest BCUT2D eigenvalue weighted by Crippen LogP contribution is -2.28. The fraction of sp³-hybridized carbons (Fsp3) is 0.273. The van der Waals surface area contributed by atoms with E-state index in [9.17, 15) is 4.79 Å². The van der Waals surface area contributed by atoms with E-state index in [1.165, 1.54) is 0 Å². The third kappa shape index (κ3) is 4.63. The van der Waals surface area contributed by atoms with E-state index < -0.39 is 5.97 Å². The standard InChI is InChI=1S/C11H13NO2S2/c13-10(14)6-7-12(11(15)16)8-9-4-2-1-3-5-9/h1-5H,6-8H2,(H,13,14)(H,15,16). The van der Waals surface area contributed by atoms with Crippen LogP contribution in [0.5, 0.6) is 0 Å². The maximum atomic E-state index is 10.5. The zero-order valence-corrected chi connectivity index (χ0v) is 10.4. The molecular formula is C11H13NO2S2. The second-order valence-corrected chi connectivity index (χ2v) is 4.45. The third-order valence-electron chi connectivity index (χ3n) is 2.08. The Bertz CT molecular complexity index is 368. The van der Waals surface area contributed by atoms with Crippen molar-refractivity contribution in [3.63, 3.8) is 0 Å². The Morgan fingerprint density at radius 2 is 2.00 bits per heavy atom. The number of benzene rings is 1. The molecule has 0 aliphatic carbocycles. The Hall–Kier alpha value is -1.07. The van der Waals surface area contributed by atoms with Crippen LogP contribution in [0, 0.1) is 0 Å². The molecule has 86 valence electrons. The molecule has 0 saturated carbocycles. The first-order valence-corrected chi connectivity index (χ1v) is 5.68. The third-order valence-corrected chi connectivity index (χ3v) is 2.62. The highest BCUT2D eigenvalue weighted by Gasteiger charge is 2.09. The van der Waals surface area contributed by atoms with Crippen LogP contribution < -0.4 is 0 Å². The number of nitrogens with zero attached hydrogens (tertiary/aromatic N) is 1. The molecule has 0 radical (unpaired) electrons. The molecule has 0 unspecified atom stereocenters. The number of hydrogen-bond acceptors (Lipinski definition) is 2. The summed E-state index contributed by atoms with van der Waals surface area (Å²) in [5.41, 5.74) is 1.09. The minimum absolute atomic E-state index is 0.0630. The van der Waals surface area contributed by atoms with Crippen molar-refractivity contribution in [3.8, 4) is 0 Å². The van der Waals surface area contributed by atoms with Gasteiger partial charge < -0.3 is 10.0 Å². The first kappa shape index (κ1) is 13.0. The summed E-state index contributed by atoms with van der Waals surface area (Å²) in [7, 11) is 0. The average Bonchev–Trinajstić information content (AvgIpc) is 2.25. The van der Waals surface area contributed by atoms with Crippen LogP contribution in [0.25, 0.3) is 0 Å². The van der Waals surface area contributed by atoms with Gasteiger partial charge in [0.1, 0.15) is 4.32 Å². The minimum Gasteiger partial charge on any atom is -0.481 e. The molecule has 0 amide bonds. The molecule has 1 aromatic rings. The lowest BCUT2D eigenvalue weighted by atomic mass is 10.2. The minimum atomic E-state index is -0.831. The second-order valence-electron chi connectivity index (χ2n) is 3.33. The Morgan fingerprint density at radius 1 is 1.38 bits per heavy atom. The van der Waals surface area contributed by atoms with E-state index in [4.69, 9.17) is 17.3 Å². The topological polar surface area (TPSA) is 40.5 Å². The van der Waals surface area contributed by atoms with Crippen molar-refractivity contribution >= 4 is 35.1 Å². The predicted molar refractivity (Wildman–Crippen MR) is 70.7 cm³/mol. The fourth-order valence-corrected chi connectivity index (χ4v) is 1.60. The van der Waals surface area contributed by atoms with Gasteiger partial charge in [0.2, 0.25) is 0 Å². The van der Waals surface area contributed by atoms with Crippen molar-refractivity contribution in [3.05, 3.63) is 35.9 Å². The molecule has 0 atom stereocenters. The number of rotatable bonds is 5. The normalized spacial score (nSPS) is 9.81. The van der Waals surface area contributed by atoms with Crippen LogP contribution in [0.3, 0.4) is 0 Å². The van der Waals surface area contributed by atoms with Gasteiger partial charge in [-0.1, -0.05) is 42.5 Å². The molecule has 0 aliphatic rings. The van der Waals surface area contributed by atoms with Gasteiger partial charge in [-0.25, -0.2) is 0 Å². The first-order chi connectivity index (χ1) is 7.59. The van der Waals surface area contributed by atoms with Gasteiger partial charge in [0, 0.05) is 13.1 Å². The first-order valence-electron chi connectivity index (χ1n) is 4.83. The summed E-state index contributed by atoms with van der Waals surface area (Å²) in [6, 6.07) is 9.75. The van der Waals surface area contributed by atoms with Crippen molar-refractivity contribution in [2.75, 3.05) is 6.54 Å². The molecule has 1 rings (SSSR count). The highest BCUT2D eigenvalue weighted by molar-refractivity contribution is 8.10. The van der Waals surface area contributed by atoms with Crippen molar-refractivity contribution in [2.45, 2.75) is 13.0 Å². The van der Waals surface area contributed by atoms with Gasteiger partial charge in [-0.05, 0) is 5.56 Å². The van der Waals surface area contributed by atoms with Crippen LogP contribution >= 0.6 is 24.8 Å². The molecule has 5 heteroatoms. The molecule has 0 fully saturated rings. The summed E-state index contributed by atoms with van der Waals surface area (Å²) in [6.45, 7) is 0.975. The Balaban J connectivity index is 2.58. The molecular weight excluding hydrogens is 242 g/mol. The molecule has 0 saturated heterocycles. The number of carbonyl (C=O) groups is 1. The van der Waals surface area contributed by atoms with Crippen LogP contribution in [-0.2, 0) is 11.3 Å². The monoisotopic (exact) mass is 255 g/mol. The molecule has 0 bridgehead atoms. The van der Waals surface area contributed by atoms with Gasteiger partial charge in [-0.3, -0.25) is 4.79 Å². The zero-order valence-electron chi connectivity index (χ0n) is 8.67. The maximum absolute atomic E-state index is 10.5. The molecule has 1 N–H and O–H groups in total. The summed E-state index contributed by atoms with van der Waals surface area (Å²) in [6.07, 6.45) is 0.0630. The van der Waals surface area contributed by atoms with Crippen molar-refractivity contribution in [2.24, 2.45) is 0 Å². The number of thiocarbonyl (C=S) groups is 1. The number of aliphatic carboxylic acids is 1. The molecule has 0 spiro atoms. The van der Waals surface area contributed by atoms with Gasteiger partial charge in [0.05, 0.1) is 6.42 Å². The summed E-state index contributed by atoms with van der Waals surface area (Å²) < 4.78 is 0.421. The van der Waals surface area contributed by atoms with Gasteiger partial charge in [-0.2, -0.15) is 0 Å². The summed E-state index contributed by atoms with van der Waals surface area (Å²) >= 11 is 9.06. The quantitative estimate of drug-likeness (QED) is 0.625. The number of thiol groups is 1. The van der Waals surface area contributed by atoms with Gasteiger partial charge in [-0.15, -0.1) is 12.6 Å². The second kappa shape index (κ2) is 6.50. The van der Waals surface area contributed by atoms with Gasteiger partial charge >= 0.3 is 5.97 Å². The molecule has 0 aliphatic heterocycles. The molecule has 0 heterocycles. The summed E-state index contributed by atoms with van der Waals surface area (Å²) in [5.74, 6) is -0.831. The number of carboxylic acid groups (broad SMARTS) is 1. The van der Waals surface area contributed by atoms with E-state index in [0.717, 1.165) is 5.56 Å². The average molecular weight is 255 g/mol. The number of hydrogen-bond donors (Lipinski definition) is 2. The highest BCUT2D eigenvalue weighted by Crippen LogP contribution is 2.07. The summed E-state index contributed by atoms with van der Waals surface area (Å²) in [4.78, 5) is 12.2. The molecule has 1 aromatic carbocycles. The molecule has 16 heavy (non-hydrogen) atoms. The van der Waals surface area contributed by atoms with E-state index >= 15 is 0 Å². The van der Waals surface area contributed by atoms with E-state index in [1.807, 2.05) is 30.3 Å². The SMILES string of the molecule is O=C(O)CCN(Cc1ccccc1)C(=S)S. The van der Waals surface area contributed by atoms with Crippen LogP contribution in [0.15, 0.2) is 30.3 Å². The van der Waals surface area contributed by atoms with E-state index in [-0.39, 0.29) is 6.42 Å². The lowest BCUT2D eigenvalue weighted by molar-refractivity contribution is -0.137. The fourth-order valence-electron chi connectivity index (χ4n) is 1.28. The van der Waals surface area contributed by atoms with E-state index in [0.29, 0.717) is 17.4 Å². The Kier molecular flexibility index (Phi) is 5.28. The number of carboxylic acids is 1. The van der Waals surface area contributed by atoms with Gasteiger partial charge in [0.15, 0.2) is 0 Å². The van der Waals surface area contributed by atoms with Gasteiger partial charge in [0.25, 0.3) is 0 Å². The van der Waals surface area contributed by atoms with Crippen LogP contribution in [0.2, 0.25) is 0 Å².